The lowest BCUT2D eigenvalue weighted by atomic mass is 9.85. The predicted molar refractivity (Wildman–Crippen MR) is 137 cm³/mol. The largest absolute Gasteiger partial charge is 0.372 e. The first-order chi connectivity index (χ1) is 16.3. The molecule has 0 saturated heterocycles. The molecule has 0 radical (unpaired) electrons. The van der Waals surface area contributed by atoms with Gasteiger partial charge >= 0.3 is 0 Å². The number of aromatic nitrogens is 1. The molecule has 4 rings (SSSR count). The van der Waals surface area contributed by atoms with Crippen molar-refractivity contribution in [1.29, 1.82) is 0 Å². The number of nitrogens with zero attached hydrogens (tertiary/aromatic N) is 2. The molecule has 1 aromatic heterocycles. The Morgan fingerprint density at radius 2 is 1.53 bits per heavy atom. The van der Waals surface area contributed by atoms with E-state index < -0.39 is 11.5 Å². The van der Waals surface area contributed by atoms with E-state index >= 15 is 0 Å². The summed E-state index contributed by atoms with van der Waals surface area (Å²) in [7, 11) is 0. The minimum Gasteiger partial charge on any atom is -0.372 e. The highest BCUT2D eigenvalue weighted by Gasteiger charge is 2.39. The Labute approximate surface area is 208 Å². The van der Waals surface area contributed by atoms with Crippen molar-refractivity contribution in [3.63, 3.8) is 0 Å². The van der Waals surface area contributed by atoms with Crippen molar-refractivity contribution in [3.8, 4) is 5.69 Å². The van der Waals surface area contributed by atoms with Gasteiger partial charge in [-0.3, -0.25) is 4.79 Å². The summed E-state index contributed by atoms with van der Waals surface area (Å²) in [6.45, 7) is 3.88. The summed E-state index contributed by atoms with van der Waals surface area (Å²) in [6, 6.07) is 25.0. The van der Waals surface area contributed by atoms with Crippen LogP contribution in [0.15, 0.2) is 90.0 Å². The van der Waals surface area contributed by atoms with E-state index in [9.17, 15) is 9.90 Å². The van der Waals surface area contributed by atoms with Gasteiger partial charge in [-0.2, -0.15) is 5.10 Å². The Morgan fingerprint density at radius 3 is 2.12 bits per heavy atom. The second kappa shape index (κ2) is 9.85. The van der Waals surface area contributed by atoms with Crippen molar-refractivity contribution < 1.29 is 9.90 Å². The standard InChI is InChI=1S/C27H23Cl2N3O2/c1-18-16-20(19(2)32(18)24-15-9-14-23(28)25(24)29)17-30-31-26(33)27(34,21-10-5-3-6-11-21)22-12-7-4-8-13-22/h3-17,34H,1-2H3,(H,31,33)/b30-17+. The lowest BCUT2D eigenvalue weighted by Crippen LogP contribution is -2.43. The number of hydrazone groups is 1. The maximum absolute atomic E-state index is 13.2. The first kappa shape index (κ1) is 23.8. The molecule has 5 nitrogen and oxygen atoms in total. The van der Waals surface area contributed by atoms with Crippen LogP contribution in [0, 0.1) is 13.8 Å². The van der Waals surface area contributed by atoms with Crippen LogP contribution in [0.4, 0.5) is 0 Å². The molecule has 0 aliphatic heterocycles. The molecule has 1 amide bonds. The molecule has 34 heavy (non-hydrogen) atoms. The molecule has 3 aromatic carbocycles. The van der Waals surface area contributed by atoms with Gasteiger partial charge in [0.25, 0.3) is 5.91 Å². The van der Waals surface area contributed by atoms with Crippen LogP contribution in [0.25, 0.3) is 5.69 Å². The quantitative estimate of drug-likeness (QED) is 0.265. The van der Waals surface area contributed by atoms with E-state index in [4.69, 9.17) is 23.2 Å². The van der Waals surface area contributed by atoms with Gasteiger partial charge in [0.05, 0.1) is 21.9 Å². The third-order valence-corrected chi connectivity index (χ3v) is 6.53. The summed E-state index contributed by atoms with van der Waals surface area (Å²) in [4.78, 5) is 13.2. The molecule has 1 heterocycles. The molecule has 0 fully saturated rings. The van der Waals surface area contributed by atoms with Gasteiger partial charge in [0.15, 0.2) is 5.60 Å². The third kappa shape index (κ3) is 4.38. The van der Waals surface area contributed by atoms with Crippen LogP contribution in [-0.2, 0) is 10.4 Å². The Morgan fingerprint density at radius 1 is 0.941 bits per heavy atom. The van der Waals surface area contributed by atoms with Crippen LogP contribution in [-0.4, -0.2) is 21.8 Å². The Bertz CT molecular complexity index is 1310. The van der Waals surface area contributed by atoms with E-state index in [2.05, 4.69) is 10.5 Å². The molecular weight excluding hydrogens is 469 g/mol. The fourth-order valence-corrected chi connectivity index (χ4v) is 4.36. The maximum Gasteiger partial charge on any atom is 0.281 e. The second-order valence-corrected chi connectivity index (χ2v) is 8.66. The number of rotatable bonds is 6. The number of hydrogen-bond donors (Lipinski definition) is 2. The highest BCUT2D eigenvalue weighted by Crippen LogP contribution is 2.32. The number of aryl methyl sites for hydroxylation is 1. The Kier molecular flexibility index (Phi) is 6.89. The lowest BCUT2D eigenvalue weighted by Gasteiger charge is -2.27. The zero-order valence-electron chi connectivity index (χ0n) is 18.7. The van der Waals surface area contributed by atoms with Gasteiger partial charge in [-0.05, 0) is 43.2 Å². The van der Waals surface area contributed by atoms with Crippen molar-refractivity contribution in [2.45, 2.75) is 19.4 Å². The minimum atomic E-state index is -1.90. The van der Waals surface area contributed by atoms with Crippen molar-refractivity contribution in [1.82, 2.24) is 9.99 Å². The van der Waals surface area contributed by atoms with Crippen molar-refractivity contribution in [2.75, 3.05) is 0 Å². The van der Waals surface area contributed by atoms with E-state index in [1.54, 1.807) is 60.8 Å². The number of carbonyl (C=O) groups is 1. The molecular formula is C27H23Cl2N3O2. The van der Waals surface area contributed by atoms with Gasteiger partial charge in [-0.1, -0.05) is 89.9 Å². The van der Waals surface area contributed by atoms with Crippen molar-refractivity contribution >= 4 is 35.3 Å². The molecule has 0 saturated carbocycles. The van der Waals surface area contributed by atoms with Crippen LogP contribution in [0.1, 0.15) is 28.1 Å². The molecule has 0 aliphatic carbocycles. The van der Waals surface area contributed by atoms with E-state index in [0.29, 0.717) is 21.2 Å². The summed E-state index contributed by atoms with van der Waals surface area (Å²) in [5, 5.41) is 16.6. The average Bonchev–Trinajstić information content (AvgIpc) is 3.14. The highest BCUT2D eigenvalue weighted by atomic mass is 35.5. The monoisotopic (exact) mass is 491 g/mol. The van der Waals surface area contributed by atoms with Gasteiger partial charge in [-0.25, -0.2) is 5.43 Å². The molecule has 0 aliphatic rings. The SMILES string of the molecule is Cc1cc(/C=N/NC(=O)C(O)(c2ccccc2)c2ccccc2)c(C)n1-c1cccc(Cl)c1Cl. The third-order valence-electron chi connectivity index (χ3n) is 5.72. The Hall–Kier alpha value is -3.38. The molecule has 0 unspecified atom stereocenters. The van der Waals surface area contributed by atoms with Gasteiger partial charge in [0.2, 0.25) is 0 Å². The normalized spacial score (nSPS) is 11.7. The van der Waals surface area contributed by atoms with Crippen molar-refractivity contribution in [3.05, 3.63) is 123 Å². The minimum absolute atomic E-state index is 0.447. The smallest absolute Gasteiger partial charge is 0.281 e. The average molecular weight is 492 g/mol. The first-order valence-corrected chi connectivity index (χ1v) is 11.4. The van der Waals surface area contributed by atoms with E-state index in [1.165, 1.54) is 0 Å². The Balaban J connectivity index is 1.63. The molecule has 172 valence electrons. The number of amides is 1. The highest BCUT2D eigenvalue weighted by molar-refractivity contribution is 6.43. The fourth-order valence-electron chi connectivity index (χ4n) is 3.98. The van der Waals surface area contributed by atoms with Gasteiger partial charge in [0.1, 0.15) is 0 Å². The van der Waals surface area contributed by atoms with Gasteiger partial charge < -0.3 is 9.67 Å². The van der Waals surface area contributed by atoms with Crippen LogP contribution >= 0.6 is 23.2 Å². The molecule has 0 bridgehead atoms. The second-order valence-electron chi connectivity index (χ2n) is 7.88. The maximum atomic E-state index is 13.2. The fraction of sp³-hybridized carbons (Fsp3) is 0.111. The molecule has 4 aromatic rings. The number of aliphatic hydroxyl groups is 1. The summed E-state index contributed by atoms with van der Waals surface area (Å²) < 4.78 is 1.97. The first-order valence-electron chi connectivity index (χ1n) is 10.6. The topological polar surface area (TPSA) is 66.6 Å². The van der Waals surface area contributed by atoms with Crippen LogP contribution < -0.4 is 5.43 Å². The lowest BCUT2D eigenvalue weighted by molar-refractivity contribution is -0.136. The zero-order chi connectivity index (χ0) is 24.3. The molecule has 0 atom stereocenters. The van der Waals surface area contributed by atoms with Crippen LogP contribution in [0.3, 0.4) is 0 Å². The molecule has 2 N–H and O–H groups in total. The van der Waals surface area contributed by atoms with Crippen molar-refractivity contribution in [2.24, 2.45) is 5.10 Å². The summed E-state index contributed by atoms with van der Waals surface area (Å²) in [6.07, 6.45) is 1.55. The van der Waals surface area contributed by atoms with E-state index in [0.717, 1.165) is 22.6 Å². The van der Waals surface area contributed by atoms with Crippen LogP contribution in [0.5, 0.6) is 0 Å². The zero-order valence-corrected chi connectivity index (χ0v) is 20.2. The number of nitrogens with one attached hydrogen (secondary N) is 1. The van der Waals surface area contributed by atoms with E-state index in [1.807, 2.05) is 48.7 Å². The van der Waals surface area contributed by atoms with Gasteiger partial charge in [-0.15, -0.1) is 0 Å². The summed E-state index contributed by atoms with van der Waals surface area (Å²) in [5.74, 6) is -0.659. The molecule has 7 heteroatoms. The number of benzene rings is 3. The summed E-state index contributed by atoms with van der Waals surface area (Å²) >= 11 is 12.6. The molecule has 0 spiro atoms. The predicted octanol–water partition coefficient (Wildman–Crippen LogP) is 5.79. The van der Waals surface area contributed by atoms with Crippen LogP contribution in [0.2, 0.25) is 10.0 Å². The number of halogens is 2. The van der Waals surface area contributed by atoms with Gasteiger partial charge in [0, 0.05) is 17.0 Å². The summed E-state index contributed by atoms with van der Waals surface area (Å²) in [5.41, 5.74) is 4.86. The number of carbonyl (C=O) groups excluding carboxylic acids is 1. The van der Waals surface area contributed by atoms with E-state index in [-0.39, 0.29) is 0 Å². The number of hydrogen-bond acceptors (Lipinski definition) is 3.